The molecule has 1 aliphatic carbocycles. The monoisotopic (exact) mass is 254 g/mol. The van der Waals surface area contributed by atoms with Gasteiger partial charge >= 0.3 is 0 Å². The molecule has 18 heavy (non-hydrogen) atoms. The molecule has 0 amide bonds. The third kappa shape index (κ3) is 4.93. The molecule has 4 nitrogen and oxygen atoms in total. The zero-order valence-corrected chi connectivity index (χ0v) is 11.7. The highest BCUT2D eigenvalue weighted by atomic mass is 16.5. The Kier molecular flexibility index (Phi) is 7.26. The van der Waals surface area contributed by atoms with Crippen molar-refractivity contribution in [3.05, 3.63) is 0 Å². The summed E-state index contributed by atoms with van der Waals surface area (Å²) in [5.41, 5.74) is -0.383. The lowest BCUT2D eigenvalue weighted by molar-refractivity contribution is -0.0217. The van der Waals surface area contributed by atoms with Crippen LogP contribution in [0, 0.1) is 11.3 Å². The molecule has 104 valence electrons. The van der Waals surface area contributed by atoms with Gasteiger partial charge in [-0.15, -0.1) is 0 Å². The Morgan fingerprint density at radius 1 is 1.39 bits per heavy atom. The van der Waals surface area contributed by atoms with Crippen molar-refractivity contribution in [3.8, 4) is 6.07 Å². The Morgan fingerprint density at radius 2 is 2.22 bits per heavy atom. The minimum Gasteiger partial charge on any atom is -0.379 e. The zero-order valence-electron chi connectivity index (χ0n) is 11.7. The molecule has 0 aromatic rings. The van der Waals surface area contributed by atoms with Crippen LogP contribution in [0.25, 0.3) is 0 Å². The van der Waals surface area contributed by atoms with Crippen molar-refractivity contribution in [2.45, 2.75) is 57.1 Å². The predicted octanol–water partition coefficient (Wildman–Crippen LogP) is 2.24. The number of nitrogens with zero attached hydrogens (tertiary/aromatic N) is 1. The Bertz CT molecular complexity index is 265. The van der Waals surface area contributed by atoms with Gasteiger partial charge in [-0.2, -0.15) is 5.26 Å². The standard InChI is InChI=1S/C14H26N2O2/c1-3-4-8-17-9-10-18-13-6-5-7-14(11-13,12-15)16-2/h13,16H,3-11H2,1-2H3. The smallest absolute Gasteiger partial charge is 0.109 e. The van der Waals surface area contributed by atoms with Crippen molar-refractivity contribution >= 4 is 0 Å². The fourth-order valence-electron chi connectivity index (χ4n) is 2.37. The van der Waals surface area contributed by atoms with E-state index >= 15 is 0 Å². The molecular weight excluding hydrogens is 228 g/mol. The molecule has 0 radical (unpaired) electrons. The van der Waals surface area contributed by atoms with Crippen LogP contribution in [-0.2, 0) is 9.47 Å². The second kappa shape index (κ2) is 8.47. The lowest BCUT2D eigenvalue weighted by Gasteiger charge is -2.35. The first-order valence-corrected chi connectivity index (χ1v) is 7.06. The van der Waals surface area contributed by atoms with Crippen LogP contribution in [0.4, 0.5) is 0 Å². The minimum atomic E-state index is -0.383. The summed E-state index contributed by atoms with van der Waals surface area (Å²) >= 11 is 0. The average molecular weight is 254 g/mol. The highest BCUT2D eigenvalue weighted by Gasteiger charge is 2.35. The van der Waals surface area contributed by atoms with Crippen LogP contribution < -0.4 is 5.32 Å². The van der Waals surface area contributed by atoms with E-state index in [0.29, 0.717) is 13.2 Å². The summed E-state index contributed by atoms with van der Waals surface area (Å²) in [6.45, 7) is 4.28. The van der Waals surface area contributed by atoms with Gasteiger partial charge in [0.05, 0.1) is 25.4 Å². The van der Waals surface area contributed by atoms with E-state index in [1.54, 1.807) is 0 Å². The average Bonchev–Trinajstić information content (AvgIpc) is 2.43. The fourth-order valence-corrected chi connectivity index (χ4v) is 2.37. The van der Waals surface area contributed by atoms with E-state index in [1.165, 1.54) is 0 Å². The van der Waals surface area contributed by atoms with Gasteiger partial charge in [-0.3, -0.25) is 0 Å². The normalized spacial score (nSPS) is 27.9. The van der Waals surface area contributed by atoms with Gasteiger partial charge in [0.15, 0.2) is 0 Å². The first kappa shape index (κ1) is 15.4. The van der Waals surface area contributed by atoms with E-state index in [0.717, 1.165) is 45.1 Å². The first-order valence-electron chi connectivity index (χ1n) is 7.06. The first-order chi connectivity index (χ1) is 8.76. The minimum absolute atomic E-state index is 0.195. The molecule has 1 fully saturated rings. The molecule has 1 rings (SSSR count). The second-order valence-electron chi connectivity index (χ2n) is 5.00. The molecule has 2 unspecified atom stereocenters. The fraction of sp³-hybridized carbons (Fsp3) is 0.929. The molecule has 0 heterocycles. The molecule has 0 spiro atoms. The van der Waals surface area contributed by atoms with Crippen molar-refractivity contribution in [2.24, 2.45) is 0 Å². The molecule has 0 aliphatic heterocycles. The molecular formula is C14H26N2O2. The van der Waals surface area contributed by atoms with E-state index in [4.69, 9.17) is 9.47 Å². The predicted molar refractivity (Wildman–Crippen MR) is 71.3 cm³/mol. The van der Waals surface area contributed by atoms with E-state index in [1.807, 2.05) is 7.05 Å². The third-order valence-corrected chi connectivity index (χ3v) is 3.62. The topological polar surface area (TPSA) is 54.3 Å². The number of ether oxygens (including phenoxy) is 2. The van der Waals surface area contributed by atoms with Crippen LogP contribution in [-0.4, -0.2) is 38.5 Å². The molecule has 0 bridgehead atoms. The Balaban J connectivity index is 2.17. The van der Waals surface area contributed by atoms with Gasteiger partial charge in [-0.05, 0) is 32.7 Å². The van der Waals surface area contributed by atoms with Crippen molar-refractivity contribution < 1.29 is 9.47 Å². The summed E-state index contributed by atoms with van der Waals surface area (Å²) in [7, 11) is 1.86. The SMILES string of the molecule is CCCCOCCOC1CCCC(C#N)(NC)C1. The van der Waals surface area contributed by atoms with E-state index in [9.17, 15) is 5.26 Å². The largest absolute Gasteiger partial charge is 0.379 e. The molecule has 2 atom stereocenters. The van der Waals surface area contributed by atoms with Crippen molar-refractivity contribution in [3.63, 3.8) is 0 Å². The molecule has 1 aliphatic rings. The Hall–Kier alpha value is -0.630. The molecule has 4 heteroatoms. The molecule has 0 saturated heterocycles. The van der Waals surface area contributed by atoms with Gasteiger partial charge in [0, 0.05) is 13.0 Å². The van der Waals surface area contributed by atoms with Crippen LogP contribution in [0.2, 0.25) is 0 Å². The molecule has 0 aromatic heterocycles. The summed E-state index contributed by atoms with van der Waals surface area (Å²) < 4.78 is 11.3. The summed E-state index contributed by atoms with van der Waals surface area (Å²) in [6.07, 6.45) is 6.29. The van der Waals surface area contributed by atoms with Crippen LogP contribution in [0.3, 0.4) is 0 Å². The number of hydrogen-bond acceptors (Lipinski definition) is 4. The summed E-state index contributed by atoms with van der Waals surface area (Å²) in [4.78, 5) is 0. The maximum absolute atomic E-state index is 9.24. The quantitative estimate of drug-likeness (QED) is 0.675. The lowest BCUT2D eigenvalue weighted by atomic mass is 9.81. The second-order valence-corrected chi connectivity index (χ2v) is 5.00. The van der Waals surface area contributed by atoms with E-state index in [-0.39, 0.29) is 11.6 Å². The van der Waals surface area contributed by atoms with Crippen molar-refractivity contribution in [2.75, 3.05) is 26.9 Å². The van der Waals surface area contributed by atoms with Crippen LogP contribution in [0.15, 0.2) is 0 Å². The van der Waals surface area contributed by atoms with Crippen molar-refractivity contribution in [1.29, 1.82) is 5.26 Å². The van der Waals surface area contributed by atoms with E-state index < -0.39 is 0 Å². The number of rotatable bonds is 8. The van der Waals surface area contributed by atoms with Crippen LogP contribution >= 0.6 is 0 Å². The van der Waals surface area contributed by atoms with Gasteiger partial charge in [-0.1, -0.05) is 13.3 Å². The van der Waals surface area contributed by atoms with Gasteiger partial charge in [0.25, 0.3) is 0 Å². The van der Waals surface area contributed by atoms with Crippen LogP contribution in [0.1, 0.15) is 45.4 Å². The third-order valence-electron chi connectivity index (χ3n) is 3.62. The summed E-state index contributed by atoms with van der Waals surface area (Å²) in [6, 6.07) is 2.39. The Morgan fingerprint density at radius 3 is 2.89 bits per heavy atom. The van der Waals surface area contributed by atoms with Gasteiger partial charge in [0.1, 0.15) is 5.54 Å². The number of nitrogens with one attached hydrogen (secondary N) is 1. The lowest BCUT2D eigenvalue weighted by Crippen LogP contribution is -2.47. The maximum atomic E-state index is 9.24. The molecule has 0 aromatic carbocycles. The summed E-state index contributed by atoms with van der Waals surface area (Å²) in [5, 5.41) is 12.4. The van der Waals surface area contributed by atoms with E-state index in [2.05, 4.69) is 18.3 Å². The van der Waals surface area contributed by atoms with Crippen molar-refractivity contribution in [1.82, 2.24) is 5.32 Å². The number of unbranched alkanes of at least 4 members (excludes halogenated alkanes) is 1. The summed E-state index contributed by atoms with van der Waals surface area (Å²) in [5.74, 6) is 0. The van der Waals surface area contributed by atoms with Gasteiger partial charge in [0.2, 0.25) is 0 Å². The maximum Gasteiger partial charge on any atom is 0.109 e. The number of nitriles is 1. The Labute approximate surface area is 111 Å². The zero-order chi connectivity index (χ0) is 13.3. The van der Waals surface area contributed by atoms with Gasteiger partial charge in [-0.25, -0.2) is 0 Å². The van der Waals surface area contributed by atoms with Crippen LogP contribution in [0.5, 0.6) is 0 Å². The van der Waals surface area contributed by atoms with Gasteiger partial charge < -0.3 is 14.8 Å². The highest BCUT2D eigenvalue weighted by molar-refractivity contribution is 5.09. The number of hydrogen-bond donors (Lipinski definition) is 1. The highest BCUT2D eigenvalue weighted by Crippen LogP contribution is 2.29. The molecule has 1 saturated carbocycles. The molecule has 1 N–H and O–H groups in total.